The molecule has 4 rings (SSSR count). The zero-order valence-corrected chi connectivity index (χ0v) is 14.2. The van der Waals surface area contributed by atoms with Gasteiger partial charge in [0.1, 0.15) is 11.4 Å². The number of piperazine rings is 1. The fourth-order valence-corrected chi connectivity index (χ4v) is 3.07. The molecule has 1 aromatic heterocycles. The summed E-state index contributed by atoms with van der Waals surface area (Å²) in [5.74, 6) is -0.179. The quantitative estimate of drug-likeness (QED) is 0.857. The summed E-state index contributed by atoms with van der Waals surface area (Å²) in [7, 11) is 0. The number of benzene rings is 1. The Bertz CT molecular complexity index is 872. The molecule has 0 bridgehead atoms. The maximum Gasteiger partial charge on any atom is 0.265 e. The van der Waals surface area contributed by atoms with E-state index in [9.17, 15) is 14.0 Å². The van der Waals surface area contributed by atoms with Gasteiger partial charge in [-0.25, -0.2) is 9.37 Å². The van der Waals surface area contributed by atoms with Gasteiger partial charge in [0.15, 0.2) is 0 Å². The lowest BCUT2D eigenvalue weighted by molar-refractivity contribution is 0.0949. The Balaban J connectivity index is 1.43. The summed E-state index contributed by atoms with van der Waals surface area (Å²) in [4.78, 5) is 35.1. The van der Waals surface area contributed by atoms with Gasteiger partial charge in [-0.2, -0.15) is 0 Å². The van der Waals surface area contributed by atoms with Gasteiger partial charge in [0.25, 0.3) is 11.5 Å². The summed E-state index contributed by atoms with van der Waals surface area (Å²) in [5.41, 5.74) is 0.177. The Morgan fingerprint density at radius 3 is 2.50 bits per heavy atom. The standard InChI is InChI=1S/C18H20FN5O2/c19-14-3-1-2-4-15(14)23-7-9-24(10-8-23)18-20-11-13(17(26)22-18)16(25)21-12-5-6-12/h1-4,11-12H,5-10H2,(H,21,25)(H,20,22,26). The molecule has 1 aliphatic heterocycles. The van der Waals surface area contributed by atoms with E-state index in [4.69, 9.17) is 0 Å². The van der Waals surface area contributed by atoms with E-state index in [2.05, 4.69) is 15.3 Å². The Labute approximate surface area is 149 Å². The second kappa shape index (κ2) is 6.78. The maximum absolute atomic E-state index is 13.9. The van der Waals surface area contributed by atoms with Crippen molar-refractivity contribution < 1.29 is 9.18 Å². The highest BCUT2D eigenvalue weighted by Crippen LogP contribution is 2.21. The van der Waals surface area contributed by atoms with Crippen LogP contribution in [0.2, 0.25) is 0 Å². The molecule has 26 heavy (non-hydrogen) atoms. The molecule has 8 heteroatoms. The number of para-hydroxylation sites is 1. The van der Waals surface area contributed by atoms with Crippen molar-refractivity contribution in [2.45, 2.75) is 18.9 Å². The van der Waals surface area contributed by atoms with Crippen molar-refractivity contribution in [3.63, 3.8) is 0 Å². The molecule has 0 spiro atoms. The van der Waals surface area contributed by atoms with Gasteiger partial charge in [-0.3, -0.25) is 14.6 Å². The first-order valence-electron chi connectivity index (χ1n) is 8.76. The van der Waals surface area contributed by atoms with Gasteiger partial charge in [-0.15, -0.1) is 0 Å². The molecule has 0 atom stereocenters. The van der Waals surface area contributed by atoms with E-state index in [0.717, 1.165) is 12.8 Å². The normalized spacial score (nSPS) is 17.3. The first-order chi connectivity index (χ1) is 12.6. The minimum Gasteiger partial charge on any atom is -0.366 e. The van der Waals surface area contributed by atoms with Crippen LogP contribution in [0.3, 0.4) is 0 Å². The van der Waals surface area contributed by atoms with Gasteiger partial charge in [0, 0.05) is 38.4 Å². The van der Waals surface area contributed by atoms with Crippen LogP contribution < -0.4 is 20.7 Å². The number of rotatable bonds is 4. The third kappa shape index (κ3) is 3.40. The summed E-state index contributed by atoms with van der Waals surface area (Å²) < 4.78 is 13.9. The molecular formula is C18H20FN5O2. The minimum atomic E-state index is -0.440. The second-order valence-electron chi connectivity index (χ2n) is 6.62. The first-order valence-corrected chi connectivity index (χ1v) is 8.76. The first kappa shape index (κ1) is 16.6. The van der Waals surface area contributed by atoms with Gasteiger partial charge in [0.2, 0.25) is 5.95 Å². The lowest BCUT2D eigenvalue weighted by Crippen LogP contribution is -2.48. The molecular weight excluding hydrogens is 337 g/mol. The van der Waals surface area contributed by atoms with Crippen LogP contribution in [0.4, 0.5) is 16.0 Å². The van der Waals surface area contributed by atoms with E-state index >= 15 is 0 Å². The molecule has 2 heterocycles. The average molecular weight is 357 g/mol. The molecule has 0 unspecified atom stereocenters. The number of aromatic amines is 1. The Morgan fingerprint density at radius 2 is 1.85 bits per heavy atom. The molecule has 1 saturated carbocycles. The Kier molecular flexibility index (Phi) is 4.32. The average Bonchev–Trinajstić information content (AvgIpc) is 3.46. The third-order valence-electron chi connectivity index (χ3n) is 4.72. The Morgan fingerprint density at radius 1 is 1.15 bits per heavy atom. The van der Waals surface area contributed by atoms with Crippen molar-refractivity contribution in [2.75, 3.05) is 36.0 Å². The fourth-order valence-electron chi connectivity index (χ4n) is 3.07. The highest BCUT2D eigenvalue weighted by atomic mass is 19.1. The van der Waals surface area contributed by atoms with Gasteiger partial charge in [-0.05, 0) is 25.0 Å². The number of amides is 1. The van der Waals surface area contributed by atoms with Crippen LogP contribution in [-0.4, -0.2) is 48.1 Å². The topological polar surface area (TPSA) is 81.3 Å². The molecule has 2 aliphatic rings. The SMILES string of the molecule is O=C(NC1CC1)c1cnc(N2CCN(c3ccccc3F)CC2)[nH]c1=O. The molecule has 1 saturated heterocycles. The van der Waals surface area contributed by atoms with Gasteiger partial charge in [-0.1, -0.05) is 12.1 Å². The van der Waals surface area contributed by atoms with Crippen LogP contribution >= 0.6 is 0 Å². The number of nitrogens with zero attached hydrogens (tertiary/aromatic N) is 3. The highest BCUT2D eigenvalue weighted by Gasteiger charge is 2.26. The number of carbonyl (C=O) groups excluding carboxylic acids is 1. The Hall–Kier alpha value is -2.90. The number of nitrogens with one attached hydrogen (secondary N) is 2. The predicted molar refractivity (Wildman–Crippen MR) is 96.2 cm³/mol. The van der Waals surface area contributed by atoms with Crippen LogP contribution in [0, 0.1) is 5.82 Å². The number of hydrogen-bond donors (Lipinski definition) is 2. The largest absolute Gasteiger partial charge is 0.366 e. The van der Waals surface area contributed by atoms with Crippen molar-refractivity contribution in [3.8, 4) is 0 Å². The van der Waals surface area contributed by atoms with Crippen molar-refractivity contribution in [3.05, 3.63) is 52.2 Å². The fraction of sp³-hybridized carbons (Fsp3) is 0.389. The van der Waals surface area contributed by atoms with E-state index in [1.807, 2.05) is 15.9 Å². The van der Waals surface area contributed by atoms with Gasteiger partial charge < -0.3 is 15.1 Å². The molecule has 2 fully saturated rings. The lowest BCUT2D eigenvalue weighted by atomic mass is 10.2. The van der Waals surface area contributed by atoms with Gasteiger partial charge in [0.05, 0.1) is 5.69 Å². The number of hydrogen-bond acceptors (Lipinski definition) is 5. The van der Waals surface area contributed by atoms with Crippen LogP contribution in [0.15, 0.2) is 35.3 Å². The van der Waals surface area contributed by atoms with E-state index in [-0.39, 0.29) is 23.3 Å². The number of H-pyrrole nitrogens is 1. The molecule has 1 amide bonds. The number of halogens is 1. The maximum atomic E-state index is 13.9. The van der Waals surface area contributed by atoms with E-state index in [1.165, 1.54) is 12.3 Å². The summed E-state index contributed by atoms with van der Waals surface area (Å²) >= 11 is 0. The van der Waals surface area contributed by atoms with Crippen molar-refractivity contribution >= 4 is 17.5 Å². The van der Waals surface area contributed by atoms with Crippen LogP contribution in [-0.2, 0) is 0 Å². The molecule has 1 aliphatic carbocycles. The summed E-state index contributed by atoms with van der Waals surface area (Å²) in [6, 6.07) is 6.89. The van der Waals surface area contributed by atoms with E-state index < -0.39 is 5.56 Å². The third-order valence-corrected chi connectivity index (χ3v) is 4.72. The van der Waals surface area contributed by atoms with Crippen molar-refractivity contribution in [2.24, 2.45) is 0 Å². The molecule has 2 N–H and O–H groups in total. The monoisotopic (exact) mass is 357 g/mol. The van der Waals surface area contributed by atoms with Crippen molar-refractivity contribution in [1.82, 2.24) is 15.3 Å². The zero-order chi connectivity index (χ0) is 18.1. The molecule has 0 radical (unpaired) electrons. The molecule has 7 nitrogen and oxygen atoms in total. The van der Waals surface area contributed by atoms with Crippen LogP contribution in [0.5, 0.6) is 0 Å². The number of carbonyl (C=O) groups is 1. The smallest absolute Gasteiger partial charge is 0.265 e. The predicted octanol–water partition coefficient (Wildman–Crippen LogP) is 1.13. The molecule has 2 aromatic rings. The van der Waals surface area contributed by atoms with Gasteiger partial charge >= 0.3 is 0 Å². The molecule has 1 aromatic carbocycles. The second-order valence-corrected chi connectivity index (χ2v) is 6.62. The van der Waals surface area contributed by atoms with E-state index in [0.29, 0.717) is 37.8 Å². The van der Waals surface area contributed by atoms with Crippen molar-refractivity contribution in [1.29, 1.82) is 0 Å². The summed E-state index contributed by atoms with van der Waals surface area (Å²) in [6.07, 6.45) is 3.25. The summed E-state index contributed by atoms with van der Waals surface area (Å²) in [6.45, 7) is 2.44. The zero-order valence-electron chi connectivity index (χ0n) is 14.2. The number of anilines is 2. The number of aromatic nitrogens is 2. The molecule has 136 valence electrons. The highest BCUT2D eigenvalue weighted by molar-refractivity contribution is 5.93. The summed E-state index contributed by atoms with van der Waals surface area (Å²) in [5, 5.41) is 2.78. The van der Waals surface area contributed by atoms with Crippen LogP contribution in [0.1, 0.15) is 23.2 Å². The lowest BCUT2D eigenvalue weighted by Gasteiger charge is -2.36. The minimum absolute atomic E-state index is 0.0330. The van der Waals surface area contributed by atoms with E-state index in [1.54, 1.807) is 12.1 Å². The van der Waals surface area contributed by atoms with Crippen LogP contribution in [0.25, 0.3) is 0 Å².